The van der Waals surface area contributed by atoms with E-state index >= 15 is 0 Å². The lowest BCUT2D eigenvalue weighted by Gasteiger charge is -2.09. The standard InChI is InChI=1S/C20H17FN2O2/c21-16-10-8-14(9-11-16)12-13-22-19(24)20(25)23-18-7-3-5-15-4-1-2-6-17(15)18/h1-11H,12-13H2,(H,22,24)(H,23,25). The zero-order chi connectivity index (χ0) is 17.6. The second kappa shape index (κ2) is 7.57. The summed E-state index contributed by atoms with van der Waals surface area (Å²) in [4.78, 5) is 24.0. The average molecular weight is 336 g/mol. The fourth-order valence-electron chi connectivity index (χ4n) is 2.57. The highest BCUT2D eigenvalue weighted by atomic mass is 19.1. The van der Waals surface area contributed by atoms with E-state index in [9.17, 15) is 14.0 Å². The van der Waals surface area contributed by atoms with E-state index in [1.54, 1.807) is 18.2 Å². The number of halogens is 1. The van der Waals surface area contributed by atoms with Crippen molar-refractivity contribution in [2.24, 2.45) is 0 Å². The van der Waals surface area contributed by atoms with Gasteiger partial charge in [0, 0.05) is 17.6 Å². The molecule has 4 nitrogen and oxygen atoms in total. The molecule has 0 aliphatic rings. The first-order chi connectivity index (χ1) is 12.1. The van der Waals surface area contributed by atoms with Gasteiger partial charge >= 0.3 is 11.8 Å². The number of carbonyl (C=O) groups excluding carboxylic acids is 2. The molecule has 0 radical (unpaired) electrons. The lowest BCUT2D eigenvalue weighted by Crippen LogP contribution is -2.36. The van der Waals surface area contributed by atoms with Gasteiger partial charge < -0.3 is 10.6 Å². The van der Waals surface area contributed by atoms with Crippen LogP contribution < -0.4 is 10.6 Å². The van der Waals surface area contributed by atoms with Crippen molar-refractivity contribution in [3.05, 3.63) is 78.1 Å². The van der Waals surface area contributed by atoms with Crippen LogP contribution in [0.3, 0.4) is 0 Å². The molecule has 0 saturated heterocycles. The van der Waals surface area contributed by atoms with Gasteiger partial charge in [-0.1, -0.05) is 48.5 Å². The Morgan fingerprint density at radius 3 is 2.36 bits per heavy atom. The zero-order valence-electron chi connectivity index (χ0n) is 13.5. The van der Waals surface area contributed by atoms with E-state index < -0.39 is 11.8 Å². The summed E-state index contributed by atoms with van der Waals surface area (Å²) in [5.74, 6) is -1.72. The van der Waals surface area contributed by atoms with E-state index in [0.29, 0.717) is 18.7 Å². The molecule has 2 amide bonds. The first-order valence-electron chi connectivity index (χ1n) is 7.95. The molecule has 126 valence electrons. The van der Waals surface area contributed by atoms with Crippen LogP contribution in [0.15, 0.2) is 66.7 Å². The SMILES string of the molecule is O=C(NCCc1ccc(F)cc1)C(=O)Nc1cccc2ccccc12. The Balaban J connectivity index is 1.57. The molecular weight excluding hydrogens is 319 g/mol. The third kappa shape index (κ3) is 4.20. The molecule has 0 heterocycles. The Bertz CT molecular complexity index is 902. The molecule has 3 aromatic rings. The molecule has 0 aliphatic carbocycles. The number of amides is 2. The van der Waals surface area contributed by atoms with Crippen molar-refractivity contribution in [3.63, 3.8) is 0 Å². The predicted octanol–water partition coefficient (Wildman–Crippen LogP) is 3.28. The number of rotatable bonds is 4. The number of carbonyl (C=O) groups is 2. The third-order valence-electron chi connectivity index (χ3n) is 3.86. The topological polar surface area (TPSA) is 58.2 Å². The Kier molecular flexibility index (Phi) is 5.04. The molecule has 0 bridgehead atoms. The van der Waals surface area contributed by atoms with E-state index in [0.717, 1.165) is 16.3 Å². The number of anilines is 1. The zero-order valence-corrected chi connectivity index (χ0v) is 13.5. The maximum absolute atomic E-state index is 12.8. The van der Waals surface area contributed by atoms with Gasteiger partial charge in [0.15, 0.2) is 0 Å². The number of hydrogen-bond acceptors (Lipinski definition) is 2. The van der Waals surface area contributed by atoms with Crippen LogP contribution in [0.2, 0.25) is 0 Å². The maximum Gasteiger partial charge on any atom is 0.313 e. The van der Waals surface area contributed by atoms with Crippen molar-refractivity contribution in [2.75, 3.05) is 11.9 Å². The molecule has 0 saturated carbocycles. The summed E-state index contributed by atoms with van der Waals surface area (Å²) >= 11 is 0. The van der Waals surface area contributed by atoms with Crippen molar-refractivity contribution in [1.29, 1.82) is 0 Å². The van der Waals surface area contributed by atoms with E-state index in [1.807, 2.05) is 36.4 Å². The van der Waals surface area contributed by atoms with Crippen LogP contribution in [-0.2, 0) is 16.0 Å². The van der Waals surface area contributed by atoms with E-state index in [4.69, 9.17) is 0 Å². The number of fused-ring (bicyclic) bond motifs is 1. The van der Waals surface area contributed by atoms with Gasteiger partial charge in [0.05, 0.1) is 0 Å². The van der Waals surface area contributed by atoms with Gasteiger partial charge in [0.2, 0.25) is 0 Å². The lowest BCUT2D eigenvalue weighted by atomic mass is 10.1. The van der Waals surface area contributed by atoms with E-state index in [2.05, 4.69) is 10.6 Å². The number of benzene rings is 3. The molecule has 2 N–H and O–H groups in total. The molecular formula is C20H17FN2O2. The molecule has 5 heteroatoms. The minimum atomic E-state index is -0.713. The van der Waals surface area contributed by atoms with Crippen LogP contribution >= 0.6 is 0 Å². The lowest BCUT2D eigenvalue weighted by molar-refractivity contribution is -0.136. The smallest absolute Gasteiger partial charge is 0.313 e. The summed E-state index contributed by atoms with van der Waals surface area (Å²) in [6, 6.07) is 19.2. The Morgan fingerprint density at radius 1 is 0.840 bits per heavy atom. The highest BCUT2D eigenvalue weighted by Gasteiger charge is 2.14. The van der Waals surface area contributed by atoms with Gasteiger partial charge in [0.1, 0.15) is 5.82 Å². The Labute approximate surface area is 144 Å². The van der Waals surface area contributed by atoms with Gasteiger partial charge in [-0.15, -0.1) is 0 Å². The summed E-state index contributed by atoms with van der Waals surface area (Å²) in [7, 11) is 0. The summed E-state index contributed by atoms with van der Waals surface area (Å²) in [6.45, 7) is 0.299. The Hall–Kier alpha value is -3.21. The highest BCUT2D eigenvalue weighted by molar-refractivity contribution is 6.40. The Morgan fingerprint density at radius 2 is 1.56 bits per heavy atom. The van der Waals surface area contributed by atoms with Crippen molar-refractivity contribution >= 4 is 28.3 Å². The van der Waals surface area contributed by atoms with Crippen molar-refractivity contribution < 1.29 is 14.0 Å². The first kappa shape index (κ1) is 16.6. The summed E-state index contributed by atoms with van der Waals surface area (Å²) in [5.41, 5.74) is 1.48. The number of nitrogens with one attached hydrogen (secondary N) is 2. The summed E-state index contributed by atoms with van der Waals surface area (Å²) in [5, 5.41) is 7.07. The maximum atomic E-state index is 12.8. The fraction of sp³-hybridized carbons (Fsp3) is 0.100. The highest BCUT2D eigenvalue weighted by Crippen LogP contribution is 2.22. The van der Waals surface area contributed by atoms with Gasteiger partial charge in [-0.3, -0.25) is 9.59 Å². The molecule has 0 fully saturated rings. The molecule has 0 aromatic heterocycles. The second-order valence-electron chi connectivity index (χ2n) is 5.61. The second-order valence-corrected chi connectivity index (χ2v) is 5.61. The molecule has 3 rings (SSSR count). The number of hydrogen-bond donors (Lipinski definition) is 2. The van der Waals surface area contributed by atoms with Crippen molar-refractivity contribution in [1.82, 2.24) is 5.32 Å². The van der Waals surface area contributed by atoms with Gasteiger partial charge in [-0.25, -0.2) is 4.39 Å². The minimum Gasteiger partial charge on any atom is -0.347 e. The van der Waals surface area contributed by atoms with Crippen LogP contribution in [0.25, 0.3) is 10.8 Å². The molecule has 25 heavy (non-hydrogen) atoms. The largest absolute Gasteiger partial charge is 0.347 e. The normalized spacial score (nSPS) is 10.4. The van der Waals surface area contributed by atoms with Crippen LogP contribution in [0.5, 0.6) is 0 Å². The van der Waals surface area contributed by atoms with Crippen LogP contribution in [0.1, 0.15) is 5.56 Å². The fourth-order valence-corrected chi connectivity index (χ4v) is 2.57. The van der Waals surface area contributed by atoms with E-state index in [-0.39, 0.29) is 5.82 Å². The third-order valence-corrected chi connectivity index (χ3v) is 3.86. The van der Waals surface area contributed by atoms with Crippen molar-refractivity contribution in [2.45, 2.75) is 6.42 Å². The molecule has 0 spiro atoms. The van der Waals surface area contributed by atoms with Gasteiger partial charge in [0.25, 0.3) is 0 Å². The molecule has 3 aromatic carbocycles. The molecule has 0 atom stereocenters. The van der Waals surface area contributed by atoms with Crippen LogP contribution in [0, 0.1) is 5.82 Å². The summed E-state index contributed by atoms with van der Waals surface area (Å²) < 4.78 is 12.8. The quantitative estimate of drug-likeness (QED) is 0.719. The van der Waals surface area contributed by atoms with E-state index in [1.165, 1.54) is 12.1 Å². The van der Waals surface area contributed by atoms with Crippen LogP contribution in [0.4, 0.5) is 10.1 Å². The first-order valence-corrected chi connectivity index (χ1v) is 7.95. The van der Waals surface area contributed by atoms with Gasteiger partial charge in [-0.2, -0.15) is 0 Å². The molecule has 0 unspecified atom stereocenters. The van der Waals surface area contributed by atoms with Crippen LogP contribution in [-0.4, -0.2) is 18.4 Å². The summed E-state index contributed by atoms with van der Waals surface area (Å²) in [6.07, 6.45) is 0.521. The predicted molar refractivity (Wildman–Crippen MR) is 95.7 cm³/mol. The minimum absolute atomic E-state index is 0.299. The molecule has 0 aliphatic heterocycles. The van der Waals surface area contributed by atoms with Gasteiger partial charge in [-0.05, 0) is 35.6 Å². The monoisotopic (exact) mass is 336 g/mol. The van der Waals surface area contributed by atoms with Crippen molar-refractivity contribution in [3.8, 4) is 0 Å². The average Bonchev–Trinajstić information content (AvgIpc) is 2.63.